The molecule has 0 unspecified atom stereocenters. The number of ether oxygens (including phenoxy) is 1. The Morgan fingerprint density at radius 1 is 1.10 bits per heavy atom. The van der Waals surface area contributed by atoms with Gasteiger partial charge in [0.2, 0.25) is 11.7 Å². The summed E-state index contributed by atoms with van der Waals surface area (Å²) in [6.07, 6.45) is 1.39. The molecular weight excluding hydrogens is 390 g/mol. The number of carbonyl (C=O) groups is 3. The molecule has 1 aliphatic heterocycles. The molecule has 3 amide bonds. The molecule has 2 aromatic heterocycles. The molecule has 3 heterocycles. The van der Waals surface area contributed by atoms with Gasteiger partial charge < -0.3 is 28.7 Å². The number of fused-ring (bicyclic) bond motifs is 1. The Morgan fingerprint density at radius 2 is 1.87 bits per heavy atom. The minimum absolute atomic E-state index is 0.0615. The van der Waals surface area contributed by atoms with Crippen LogP contribution in [0, 0.1) is 0 Å². The second kappa shape index (κ2) is 8.42. The third-order valence-corrected chi connectivity index (χ3v) is 4.81. The topological polar surface area (TPSA) is 105 Å². The lowest BCUT2D eigenvalue weighted by Crippen LogP contribution is -2.41. The maximum absolute atomic E-state index is 13.0. The molecule has 1 aromatic carbocycles. The molecule has 9 nitrogen and oxygen atoms in total. The standard InChI is InChI=1S/C21H21N3O6/c1-23(20(26)16-7-4-10-29-16)13-17(25)22-18-14-5-2-3-6-15(14)30-19(18)21(27)24-8-11-28-12-9-24/h2-7,10H,8-9,11-13H2,1H3,(H,22,25). The van der Waals surface area contributed by atoms with Crippen molar-refractivity contribution in [1.82, 2.24) is 9.80 Å². The Hall–Kier alpha value is -3.59. The van der Waals surface area contributed by atoms with Gasteiger partial charge >= 0.3 is 0 Å². The maximum Gasteiger partial charge on any atom is 0.291 e. The van der Waals surface area contributed by atoms with E-state index >= 15 is 0 Å². The smallest absolute Gasteiger partial charge is 0.291 e. The second-order valence-electron chi connectivity index (χ2n) is 6.89. The van der Waals surface area contributed by atoms with Crippen LogP contribution in [0.1, 0.15) is 21.1 Å². The molecule has 1 aliphatic rings. The minimum Gasteiger partial charge on any atom is -0.459 e. The van der Waals surface area contributed by atoms with Crippen molar-refractivity contribution in [2.24, 2.45) is 0 Å². The van der Waals surface area contributed by atoms with Crippen LogP contribution in [0.15, 0.2) is 51.5 Å². The van der Waals surface area contributed by atoms with Crippen LogP contribution in [0.3, 0.4) is 0 Å². The lowest BCUT2D eigenvalue weighted by atomic mass is 10.2. The molecular formula is C21H21N3O6. The van der Waals surface area contributed by atoms with Crippen LogP contribution in [0.4, 0.5) is 5.69 Å². The van der Waals surface area contributed by atoms with Crippen LogP contribution < -0.4 is 5.32 Å². The van der Waals surface area contributed by atoms with Crippen molar-refractivity contribution >= 4 is 34.4 Å². The van der Waals surface area contributed by atoms with Crippen LogP contribution >= 0.6 is 0 Å². The zero-order valence-corrected chi connectivity index (χ0v) is 16.4. The van der Waals surface area contributed by atoms with Crippen molar-refractivity contribution in [3.8, 4) is 0 Å². The maximum atomic E-state index is 13.0. The molecule has 0 saturated carbocycles. The summed E-state index contributed by atoms with van der Waals surface area (Å²) in [4.78, 5) is 40.8. The molecule has 30 heavy (non-hydrogen) atoms. The van der Waals surface area contributed by atoms with Crippen LogP contribution in [-0.2, 0) is 9.53 Å². The highest BCUT2D eigenvalue weighted by Crippen LogP contribution is 2.32. The number of carbonyl (C=O) groups excluding carboxylic acids is 3. The fourth-order valence-electron chi connectivity index (χ4n) is 3.28. The zero-order valence-electron chi connectivity index (χ0n) is 16.4. The first kappa shape index (κ1) is 19.7. The number of benzene rings is 1. The van der Waals surface area contributed by atoms with E-state index in [1.165, 1.54) is 24.3 Å². The first-order valence-corrected chi connectivity index (χ1v) is 9.52. The van der Waals surface area contributed by atoms with Gasteiger partial charge in [0, 0.05) is 25.5 Å². The number of likely N-dealkylation sites (N-methyl/N-ethyl adjacent to an activating group) is 1. The summed E-state index contributed by atoms with van der Waals surface area (Å²) < 4.78 is 16.2. The highest BCUT2D eigenvalue weighted by Gasteiger charge is 2.28. The van der Waals surface area contributed by atoms with Gasteiger partial charge in [0.25, 0.3) is 11.8 Å². The number of anilines is 1. The Kier molecular flexibility index (Phi) is 5.53. The average molecular weight is 411 g/mol. The molecule has 9 heteroatoms. The molecule has 0 bridgehead atoms. The summed E-state index contributed by atoms with van der Waals surface area (Å²) in [6.45, 7) is 1.58. The molecule has 4 rings (SSSR count). The van der Waals surface area contributed by atoms with Crippen LogP contribution in [0.25, 0.3) is 11.0 Å². The van der Waals surface area contributed by atoms with Crippen molar-refractivity contribution in [1.29, 1.82) is 0 Å². The number of amides is 3. The van der Waals surface area contributed by atoms with Gasteiger partial charge in [-0.05, 0) is 24.3 Å². The monoisotopic (exact) mass is 411 g/mol. The predicted molar refractivity (Wildman–Crippen MR) is 107 cm³/mol. The summed E-state index contributed by atoms with van der Waals surface area (Å²) in [6, 6.07) is 10.2. The minimum atomic E-state index is -0.458. The molecule has 156 valence electrons. The fraction of sp³-hybridized carbons (Fsp3) is 0.286. The second-order valence-corrected chi connectivity index (χ2v) is 6.89. The Morgan fingerprint density at radius 3 is 2.60 bits per heavy atom. The van der Waals surface area contributed by atoms with E-state index in [9.17, 15) is 14.4 Å². The van der Waals surface area contributed by atoms with Crippen molar-refractivity contribution in [3.05, 3.63) is 54.2 Å². The van der Waals surface area contributed by atoms with E-state index in [1.54, 1.807) is 35.2 Å². The summed E-state index contributed by atoms with van der Waals surface area (Å²) in [5, 5.41) is 3.36. The summed E-state index contributed by atoms with van der Waals surface area (Å²) in [5.74, 6) is -0.990. The molecule has 0 spiro atoms. The van der Waals surface area contributed by atoms with Gasteiger partial charge in [-0.3, -0.25) is 14.4 Å². The van der Waals surface area contributed by atoms with Crippen molar-refractivity contribution in [2.45, 2.75) is 0 Å². The van der Waals surface area contributed by atoms with Gasteiger partial charge in [-0.15, -0.1) is 0 Å². The Bertz CT molecular complexity index is 1070. The van der Waals surface area contributed by atoms with E-state index in [4.69, 9.17) is 13.6 Å². The Balaban J connectivity index is 1.56. The van der Waals surface area contributed by atoms with Crippen molar-refractivity contribution in [2.75, 3.05) is 45.2 Å². The van der Waals surface area contributed by atoms with Crippen LogP contribution in [0.5, 0.6) is 0 Å². The van der Waals surface area contributed by atoms with Gasteiger partial charge in [-0.25, -0.2) is 0 Å². The molecule has 0 atom stereocenters. The largest absolute Gasteiger partial charge is 0.459 e. The number of nitrogens with zero attached hydrogens (tertiary/aromatic N) is 2. The SMILES string of the molecule is CN(CC(=O)Nc1c(C(=O)N2CCOCC2)oc2ccccc12)C(=O)c1ccco1. The molecule has 3 aromatic rings. The summed E-state index contributed by atoms with van der Waals surface area (Å²) in [7, 11) is 1.50. The van der Waals surface area contributed by atoms with Gasteiger partial charge in [0.15, 0.2) is 5.76 Å². The first-order valence-electron chi connectivity index (χ1n) is 9.52. The van der Waals surface area contributed by atoms with E-state index < -0.39 is 11.8 Å². The first-order chi connectivity index (χ1) is 14.5. The third-order valence-electron chi connectivity index (χ3n) is 4.81. The van der Waals surface area contributed by atoms with E-state index in [0.29, 0.717) is 43.0 Å². The van der Waals surface area contributed by atoms with Crippen molar-refractivity contribution in [3.63, 3.8) is 0 Å². The lowest BCUT2D eigenvalue weighted by molar-refractivity contribution is -0.116. The van der Waals surface area contributed by atoms with Crippen molar-refractivity contribution < 1.29 is 28.0 Å². The number of hydrogen-bond donors (Lipinski definition) is 1. The molecule has 1 N–H and O–H groups in total. The Labute approximate surface area is 172 Å². The molecule has 1 saturated heterocycles. The van der Waals surface area contributed by atoms with Gasteiger partial charge in [-0.2, -0.15) is 0 Å². The lowest BCUT2D eigenvalue weighted by Gasteiger charge is -2.26. The summed E-state index contributed by atoms with van der Waals surface area (Å²) in [5.41, 5.74) is 0.787. The van der Waals surface area contributed by atoms with E-state index in [-0.39, 0.29) is 24.0 Å². The molecule has 0 aliphatic carbocycles. The highest BCUT2D eigenvalue weighted by molar-refractivity contribution is 6.11. The summed E-state index contributed by atoms with van der Waals surface area (Å²) >= 11 is 0. The normalized spacial score (nSPS) is 14.0. The van der Waals surface area contributed by atoms with E-state index in [2.05, 4.69) is 5.32 Å². The zero-order chi connectivity index (χ0) is 21.1. The van der Waals surface area contributed by atoms with E-state index in [1.807, 2.05) is 0 Å². The number of furan rings is 2. The number of para-hydroxylation sites is 1. The van der Waals surface area contributed by atoms with E-state index in [0.717, 1.165) is 0 Å². The van der Waals surface area contributed by atoms with Gasteiger partial charge in [0.1, 0.15) is 11.3 Å². The van der Waals surface area contributed by atoms with Gasteiger partial charge in [-0.1, -0.05) is 12.1 Å². The fourth-order valence-corrected chi connectivity index (χ4v) is 3.28. The van der Waals surface area contributed by atoms with Crippen LogP contribution in [0.2, 0.25) is 0 Å². The quantitative estimate of drug-likeness (QED) is 0.690. The van der Waals surface area contributed by atoms with Gasteiger partial charge in [0.05, 0.1) is 26.0 Å². The third kappa shape index (κ3) is 3.92. The predicted octanol–water partition coefficient (Wildman–Crippen LogP) is 2.21. The number of hydrogen-bond acceptors (Lipinski definition) is 6. The number of nitrogens with one attached hydrogen (secondary N) is 1. The number of morpholine rings is 1. The molecule has 1 fully saturated rings. The average Bonchev–Trinajstić information content (AvgIpc) is 3.42. The highest BCUT2D eigenvalue weighted by atomic mass is 16.5. The number of rotatable bonds is 5. The van der Waals surface area contributed by atoms with Crippen LogP contribution in [-0.4, -0.2) is 67.4 Å². The molecule has 0 radical (unpaired) electrons.